The van der Waals surface area contributed by atoms with Crippen LogP contribution < -0.4 is 5.32 Å². The van der Waals surface area contributed by atoms with E-state index >= 15 is 0 Å². The lowest BCUT2D eigenvalue weighted by Gasteiger charge is -2.09. The number of fused-ring (bicyclic) bond motifs is 1. The van der Waals surface area contributed by atoms with Gasteiger partial charge >= 0.3 is 0 Å². The number of aryl methyl sites for hydroxylation is 1. The van der Waals surface area contributed by atoms with Crippen molar-refractivity contribution < 1.29 is 0 Å². The molecule has 24 heavy (non-hydrogen) atoms. The van der Waals surface area contributed by atoms with Gasteiger partial charge < -0.3 is 5.32 Å². The van der Waals surface area contributed by atoms with Crippen molar-refractivity contribution in [3.05, 3.63) is 60.7 Å². The van der Waals surface area contributed by atoms with Gasteiger partial charge in [-0.05, 0) is 23.8 Å². The third-order valence-corrected chi connectivity index (χ3v) is 3.67. The average Bonchev–Trinajstić information content (AvgIpc) is 3.02. The zero-order valence-corrected chi connectivity index (χ0v) is 13.1. The van der Waals surface area contributed by atoms with Gasteiger partial charge in [0.1, 0.15) is 11.5 Å². The Morgan fingerprint density at radius 2 is 2.00 bits per heavy atom. The Balaban J connectivity index is 1.76. The highest BCUT2D eigenvalue weighted by molar-refractivity contribution is 5.87. The quantitative estimate of drug-likeness (QED) is 0.622. The SMILES string of the molecule is Cn1ncc2c(NCc3cccnc3)nc(-c3ccccn3)nc21. The summed E-state index contributed by atoms with van der Waals surface area (Å²) < 4.78 is 1.73. The summed E-state index contributed by atoms with van der Waals surface area (Å²) in [6.45, 7) is 0.622. The number of nitrogens with one attached hydrogen (secondary N) is 1. The first kappa shape index (κ1) is 14.3. The Hall–Kier alpha value is -3.35. The van der Waals surface area contributed by atoms with Gasteiger partial charge in [0.2, 0.25) is 0 Å². The molecule has 4 heterocycles. The topological polar surface area (TPSA) is 81.4 Å². The molecule has 4 rings (SSSR count). The van der Waals surface area contributed by atoms with Crippen molar-refractivity contribution in [3.8, 4) is 11.5 Å². The third kappa shape index (κ3) is 2.67. The fourth-order valence-electron chi connectivity index (χ4n) is 2.45. The number of aromatic nitrogens is 6. The molecule has 0 saturated carbocycles. The monoisotopic (exact) mass is 317 g/mol. The summed E-state index contributed by atoms with van der Waals surface area (Å²) in [6, 6.07) is 9.61. The second-order valence-corrected chi connectivity index (χ2v) is 5.33. The maximum Gasteiger partial charge on any atom is 0.182 e. The first-order valence-corrected chi connectivity index (χ1v) is 7.55. The minimum Gasteiger partial charge on any atom is -0.365 e. The molecule has 0 aliphatic rings. The fraction of sp³-hybridized carbons (Fsp3) is 0.118. The van der Waals surface area contributed by atoms with Crippen LogP contribution in [-0.2, 0) is 13.6 Å². The van der Waals surface area contributed by atoms with Crippen molar-refractivity contribution in [2.24, 2.45) is 7.05 Å². The largest absolute Gasteiger partial charge is 0.365 e. The molecule has 0 spiro atoms. The first-order valence-electron chi connectivity index (χ1n) is 7.55. The molecule has 0 aliphatic heterocycles. The molecular formula is C17H15N7. The van der Waals surface area contributed by atoms with E-state index in [4.69, 9.17) is 0 Å². The van der Waals surface area contributed by atoms with Gasteiger partial charge in [0.05, 0.1) is 11.6 Å². The molecule has 0 atom stereocenters. The fourth-order valence-corrected chi connectivity index (χ4v) is 2.45. The molecule has 0 aromatic carbocycles. The van der Waals surface area contributed by atoms with Crippen molar-refractivity contribution in [1.29, 1.82) is 0 Å². The van der Waals surface area contributed by atoms with Gasteiger partial charge in [-0.15, -0.1) is 0 Å². The minimum absolute atomic E-state index is 0.570. The van der Waals surface area contributed by atoms with Crippen LogP contribution in [0.4, 0.5) is 5.82 Å². The van der Waals surface area contributed by atoms with E-state index in [0.29, 0.717) is 12.4 Å². The number of hydrogen-bond acceptors (Lipinski definition) is 6. The Morgan fingerprint density at radius 1 is 1.04 bits per heavy atom. The summed E-state index contributed by atoms with van der Waals surface area (Å²) in [7, 11) is 1.86. The Bertz CT molecular complexity index is 964. The lowest BCUT2D eigenvalue weighted by Crippen LogP contribution is -2.05. The maximum absolute atomic E-state index is 4.64. The summed E-state index contributed by atoms with van der Waals surface area (Å²) >= 11 is 0. The molecule has 7 nitrogen and oxygen atoms in total. The molecule has 0 amide bonds. The standard InChI is InChI=1S/C17H15N7/c1-24-17-13(11-21-24)15(20-10-12-5-4-7-18-9-12)22-16(23-17)14-6-2-3-8-19-14/h2-9,11H,10H2,1H3,(H,20,22,23). The Kier molecular flexibility index (Phi) is 3.59. The number of rotatable bonds is 4. The van der Waals surface area contributed by atoms with E-state index < -0.39 is 0 Å². The lowest BCUT2D eigenvalue weighted by molar-refractivity contribution is 0.785. The number of pyridine rings is 2. The van der Waals surface area contributed by atoms with E-state index in [0.717, 1.165) is 28.1 Å². The van der Waals surface area contributed by atoms with Crippen molar-refractivity contribution >= 4 is 16.9 Å². The highest BCUT2D eigenvalue weighted by Gasteiger charge is 2.13. The van der Waals surface area contributed by atoms with Crippen LogP contribution in [0.5, 0.6) is 0 Å². The van der Waals surface area contributed by atoms with Crippen LogP contribution in [0.2, 0.25) is 0 Å². The number of hydrogen-bond donors (Lipinski definition) is 1. The molecule has 7 heteroatoms. The van der Waals surface area contributed by atoms with E-state index in [-0.39, 0.29) is 0 Å². The van der Waals surface area contributed by atoms with Crippen molar-refractivity contribution in [1.82, 2.24) is 29.7 Å². The zero-order chi connectivity index (χ0) is 16.4. The summed E-state index contributed by atoms with van der Waals surface area (Å²) in [6.07, 6.45) is 7.08. The van der Waals surface area contributed by atoms with E-state index in [1.54, 1.807) is 23.3 Å². The van der Waals surface area contributed by atoms with Crippen LogP contribution in [0.25, 0.3) is 22.6 Å². The lowest BCUT2D eigenvalue weighted by atomic mass is 10.2. The van der Waals surface area contributed by atoms with Crippen LogP contribution in [0.15, 0.2) is 55.1 Å². The normalized spacial score (nSPS) is 10.9. The van der Waals surface area contributed by atoms with Gasteiger partial charge in [-0.3, -0.25) is 14.6 Å². The number of anilines is 1. The molecule has 1 N–H and O–H groups in total. The van der Waals surface area contributed by atoms with Crippen molar-refractivity contribution in [2.75, 3.05) is 5.32 Å². The number of nitrogens with zero attached hydrogens (tertiary/aromatic N) is 6. The molecule has 0 bridgehead atoms. The van der Waals surface area contributed by atoms with Crippen molar-refractivity contribution in [2.45, 2.75) is 6.54 Å². The van der Waals surface area contributed by atoms with Gasteiger partial charge in [-0.2, -0.15) is 5.10 Å². The predicted octanol–water partition coefficient (Wildman–Crippen LogP) is 2.43. The second kappa shape index (κ2) is 6.04. The Labute approximate surface area is 138 Å². The molecule has 0 aliphatic carbocycles. The van der Waals surface area contributed by atoms with Gasteiger partial charge in [-0.25, -0.2) is 9.97 Å². The smallest absolute Gasteiger partial charge is 0.182 e. The van der Waals surface area contributed by atoms with E-state index in [2.05, 4.69) is 30.4 Å². The van der Waals surface area contributed by atoms with Gasteiger partial charge in [0.25, 0.3) is 0 Å². The summed E-state index contributed by atoms with van der Waals surface area (Å²) in [5.41, 5.74) is 2.57. The summed E-state index contributed by atoms with van der Waals surface area (Å²) in [4.78, 5) is 17.7. The van der Waals surface area contributed by atoms with Gasteiger partial charge in [-0.1, -0.05) is 12.1 Å². The second-order valence-electron chi connectivity index (χ2n) is 5.33. The highest BCUT2D eigenvalue weighted by Crippen LogP contribution is 2.23. The molecule has 4 aromatic heterocycles. The average molecular weight is 317 g/mol. The molecule has 118 valence electrons. The maximum atomic E-state index is 4.64. The molecule has 0 unspecified atom stereocenters. The highest BCUT2D eigenvalue weighted by atomic mass is 15.3. The van der Waals surface area contributed by atoms with Crippen LogP contribution in [0.1, 0.15) is 5.56 Å². The molecule has 0 saturated heterocycles. The van der Waals surface area contributed by atoms with Crippen LogP contribution >= 0.6 is 0 Å². The molecule has 4 aromatic rings. The van der Waals surface area contributed by atoms with Crippen molar-refractivity contribution in [3.63, 3.8) is 0 Å². The van der Waals surface area contributed by atoms with E-state index in [1.165, 1.54) is 0 Å². The Morgan fingerprint density at radius 3 is 2.79 bits per heavy atom. The summed E-state index contributed by atoms with van der Waals surface area (Å²) in [5, 5.41) is 8.52. The van der Waals surface area contributed by atoms with Crippen LogP contribution in [0, 0.1) is 0 Å². The first-order chi connectivity index (χ1) is 11.8. The van der Waals surface area contributed by atoms with Crippen LogP contribution in [0.3, 0.4) is 0 Å². The minimum atomic E-state index is 0.570. The molecule has 0 fully saturated rings. The van der Waals surface area contributed by atoms with Crippen LogP contribution in [-0.4, -0.2) is 29.7 Å². The molecular weight excluding hydrogens is 302 g/mol. The zero-order valence-electron chi connectivity index (χ0n) is 13.1. The predicted molar refractivity (Wildman–Crippen MR) is 91.1 cm³/mol. The van der Waals surface area contributed by atoms with Gasteiger partial charge in [0.15, 0.2) is 11.5 Å². The third-order valence-electron chi connectivity index (χ3n) is 3.67. The summed E-state index contributed by atoms with van der Waals surface area (Å²) in [5.74, 6) is 1.30. The molecule has 0 radical (unpaired) electrons. The van der Waals surface area contributed by atoms with E-state index in [9.17, 15) is 0 Å². The van der Waals surface area contributed by atoms with E-state index in [1.807, 2.05) is 43.6 Å². The van der Waals surface area contributed by atoms with Gasteiger partial charge in [0, 0.05) is 32.2 Å².